The van der Waals surface area contributed by atoms with Crippen LogP contribution in [0.25, 0.3) is 0 Å². The highest BCUT2D eigenvalue weighted by Gasteiger charge is 2.84. The van der Waals surface area contributed by atoms with Crippen molar-refractivity contribution >= 4 is 25.5 Å². The van der Waals surface area contributed by atoms with Crippen LogP contribution in [-0.4, -0.2) is 37.7 Å². The molecule has 0 aromatic carbocycles. The van der Waals surface area contributed by atoms with Gasteiger partial charge in [0.15, 0.2) is 0 Å². The van der Waals surface area contributed by atoms with E-state index in [0.717, 1.165) is 25.7 Å². The summed E-state index contributed by atoms with van der Waals surface area (Å²) in [6.45, 7) is 2.16. The molecule has 13 heteroatoms. The molecule has 34 heavy (non-hydrogen) atoms. The predicted molar refractivity (Wildman–Crippen MR) is 116 cm³/mol. The van der Waals surface area contributed by atoms with Gasteiger partial charge in [-0.2, -0.15) is 26.3 Å². The number of carbonyl (C=O) groups excluding carboxylic acids is 1. The van der Waals surface area contributed by atoms with Gasteiger partial charge in [0.05, 0.1) is 5.92 Å². The van der Waals surface area contributed by atoms with Crippen molar-refractivity contribution in [2.75, 3.05) is 0 Å². The Labute approximate surface area is 197 Å². The first-order valence-corrected chi connectivity index (χ1v) is 14.7. The third kappa shape index (κ3) is 7.10. The number of hydrogen-bond donors (Lipinski definition) is 0. The Hall–Kier alpha value is -0.850. The molecule has 0 radical (unpaired) electrons. The second-order valence-electron chi connectivity index (χ2n) is 8.93. The molecule has 1 fully saturated rings. The van der Waals surface area contributed by atoms with Crippen LogP contribution in [0.3, 0.4) is 0 Å². The van der Waals surface area contributed by atoms with Gasteiger partial charge in [0.1, 0.15) is 5.78 Å². The Morgan fingerprint density at radius 2 is 1.00 bits per heavy atom. The summed E-state index contributed by atoms with van der Waals surface area (Å²) in [5.41, 5.74) is -12.5. The Morgan fingerprint density at radius 3 is 1.32 bits per heavy atom. The minimum atomic E-state index is -6.79. The van der Waals surface area contributed by atoms with Crippen molar-refractivity contribution in [3.63, 3.8) is 0 Å². The van der Waals surface area contributed by atoms with Crippen LogP contribution in [0.1, 0.15) is 103 Å². The van der Waals surface area contributed by atoms with Crippen molar-refractivity contribution in [2.45, 2.75) is 118 Å². The molecule has 1 atom stereocenters. The zero-order valence-electron chi connectivity index (χ0n) is 19.3. The molecule has 0 aromatic heterocycles. The van der Waals surface area contributed by atoms with Gasteiger partial charge in [0.2, 0.25) is 4.08 Å². The molecule has 0 saturated heterocycles. The summed E-state index contributed by atoms with van der Waals surface area (Å²) < 4.78 is 121. The first-order valence-electron chi connectivity index (χ1n) is 11.7. The highest BCUT2D eigenvalue weighted by Crippen LogP contribution is 2.62. The Balaban J connectivity index is 2.49. The second kappa shape index (κ2) is 12.4. The van der Waals surface area contributed by atoms with Crippen LogP contribution in [0.5, 0.6) is 0 Å². The number of halogens is 6. The largest absolute Gasteiger partial charge is 0.498 e. The molecule has 1 saturated carbocycles. The average molecular weight is 545 g/mol. The van der Waals surface area contributed by atoms with Crippen molar-refractivity contribution in [1.29, 1.82) is 0 Å². The SMILES string of the molecule is CCCCCCCCCCCCCCCC(=O)C1CC1(S(=O)(=O)C(F)(F)F)S(=O)(=O)C(F)(F)F. The van der Waals surface area contributed by atoms with E-state index in [0.29, 0.717) is 12.8 Å². The number of rotatable bonds is 17. The fourth-order valence-corrected chi connectivity index (χ4v) is 8.50. The van der Waals surface area contributed by atoms with E-state index in [-0.39, 0.29) is 6.42 Å². The van der Waals surface area contributed by atoms with Gasteiger partial charge in [0.25, 0.3) is 19.7 Å². The summed E-state index contributed by atoms with van der Waals surface area (Å²) in [6.07, 6.45) is 10.7. The summed E-state index contributed by atoms with van der Waals surface area (Å²) in [6, 6.07) is 0. The lowest BCUT2D eigenvalue weighted by atomic mass is 10.0. The number of hydrogen-bond acceptors (Lipinski definition) is 5. The number of carbonyl (C=O) groups is 1. The molecule has 1 rings (SSSR count). The van der Waals surface area contributed by atoms with Crippen LogP contribution in [-0.2, 0) is 24.5 Å². The van der Waals surface area contributed by atoms with Gasteiger partial charge in [-0.3, -0.25) is 4.79 Å². The Kier molecular flexibility index (Phi) is 11.4. The molecule has 0 aromatic rings. The van der Waals surface area contributed by atoms with Gasteiger partial charge >= 0.3 is 11.0 Å². The minimum absolute atomic E-state index is 0.140. The van der Waals surface area contributed by atoms with Crippen molar-refractivity contribution in [3.05, 3.63) is 0 Å². The van der Waals surface area contributed by atoms with E-state index in [1.165, 1.54) is 38.5 Å². The lowest BCUT2D eigenvalue weighted by molar-refractivity contribution is -0.120. The maximum absolute atomic E-state index is 13.0. The van der Waals surface area contributed by atoms with Crippen molar-refractivity contribution in [2.24, 2.45) is 5.92 Å². The number of Topliss-reactive ketones (excluding diaryl/α,β-unsaturated/α-hetero) is 1. The molecule has 0 bridgehead atoms. The molecule has 0 N–H and O–H groups in total. The number of unbranched alkanes of at least 4 members (excludes halogenated alkanes) is 12. The number of sulfone groups is 2. The number of alkyl halides is 6. The highest BCUT2D eigenvalue weighted by molar-refractivity contribution is 8.11. The normalized spacial score (nSPS) is 18.7. The third-order valence-electron chi connectivity index (χ3n) is 6.29. The van der Waals surface area contributed by atoms with E-state index in [9.17, 15) is 48.0 Å². The molecule has 5 nitrogen and oxygen atoms in total. The van der Waals surface area contributed by atoms with E-state index in [2.05, 4.69) is 6.92 Å². The second-order valence-corrected chi connectivity index (χ2v) is 13.6. The molecule has 0 amide bonds. The molecule has 1 aliphatic rings. The van der Waals surface area contributed by atoms with Crippen molar-refractivity contribution in [3.8, 4) is 0 Å². The Morgan fingerprint density at radius 1 is 0.676 bits per heavy atom. The monoisotopic (exact) mass is 544 g/mol. The van der Waals surface area contributed by atoms with Crippen LogP contribution in [0.4, 0.5) is 26.3 Å². The van der Waals surface area contributed by atoms with Crippen LogP contribution in [0, 0.1) is 5.92 Å². The predicted octanol–water partition coefficient (Wildman–Crippen LogP) is 6.62. The third-order valence-corrected chi connectivity index (χ3v) is 11.6. The molecule has 0 aliphatic heterocycles. The van der Waals surface area contributed by atoms with Gasteiger partial charge < -0.3 is 0 Å². The van der Waals surface area contributed by atoms with E-state index in [1.807, 2.05) is 0 Å². The summed E-state index contributed by atoms with van der Waals surface area (Å²) in [5.74, 6) is -3.58. The summed E-state index contributed by atoms with van der Waals surface area (Å²) >= 11 is 0. The van der Waals surface area contributed by atoms with Gasteiger partial charge in [-0.05, 0) is 12.8 Å². The van der Waals surface area contributed by atoms with E-state index >= 15 is 0 Å². The van der Waals surface area contributed by atoms with Crippen LogP contribution in [0.15, 0.2) is 0 Å². The highest BCUT2D eigenvalue weighted by atomic mass is 32.3. The zero-order chi connectivity index (χ0) is 26.3. The summed E-state index contributed by atoms with van der Waals surface area (Å²) in [4.78, 5) is 12.2. The molecular weight excluding hydrogens is 510 g/mol. The van der Waals surface area contributed by atoms with Gasteiger partial charge in [-0.25, -0.2) is 16.8 Å². The smallest absolute Gasteiger partial charge is 0.299 e. The molecule has 1 aliphatic carbocycles. The molecule has 0 spiro atoms. The van der Waals surface area contributed by atoms with Crippen molar-refractivity contribution < 1.29 is 48.0 Å². The van der Waals surface area contributed by atoms with Crippen LogP contribution < -0.4 is 0 Å². The topological polar surface area (TPSA) is 85.3 Å². The average Bonchev–Trinajstić information content (AvgIpc) is 3.48. The molecule has 202 valence electrons. The van der Waals surface area contributed by atoms with Gasteiger partial charge in [-0.15, -0.1) is 0 Å². The van der Waals surface area contributed by atoms with Gasteiger partial charge in [0, 0.05) is 6.42 Å². The fraction of sp³-hybridized carbons (Fsp3) is 0.952. The maximum atomic E-state index is 13.0. The Bertz CT molecular complexity index is 819. The van der Waals surface area contributed by atoms with Crippen LogP contribution >= 0.6 is 0 Å². The van der Waals surface area contributed by atoms with Gasteiger partial charge in [-0.1, -0.05) is 84.0 Å². The summed E-state index contributed by atoms with van der Waals surface area (Å²) in [5, 5.41) is 0. The first-order chi connectivity index (χ1) is 15.6. The number of ketones is 1. The lowest BCUT2D eigenvalue weighted by Gasteiger charge is -2.21. The maximum Gasteiger partial charge on any atom is 0.498 e. The van der Waals surface area contributed by atoms with Crippen LogP contribution in [0.2, 0.25) is 0 Å². The molecule has 1 unspecified atom stereocenters. The van der Waals surface area contributed by atoms with Crippen molar-refractivity contribution in [1.82, 2.24) is 0 Å². The lowest BCUT2D eigenvalue weighted by Crippen LogP contribution is -2.49. The molecular formula is C21H34F6O5S2. The molecule has 0 heterocycles. The van der Waals surface area contributed by atoms with E-state index < -0.39 is 59.3 Å². The van der Waals surface area contributed by atoms with E-state index in [4.69, 9.17) is 0 Å². The zero-order valence-corrected chi connectivity index (χ0v) is 20.9. The minimum Gasteiger partial charge on any atom is -0.299 e. The fourth-order valence-electron chi connectivity index (χ4n) is 4.21. The quantitative estimate of drug-likeness (QED) is 0.152. The summed E-state index contributed by atoms with van der Waals surface area (Å²) in [7, 11) is -13.6. The standard InChI is InChI=1S/C21H34F6O5S2/c1-2-3-4-5-6-7-8-9-10-11-12-13-14-15-18(28)17-16-19(17,33(29,30)20(22,23)24)34(31,32)21(25,26)27/h17H,2-16H2,1H3. The first kappa shape index (κ1) is 31.2. The van der Waals surface area contributed by atoms with E-state index in [1.54, 1.807) is 0 Å².